The minimum absolute atomic E-state index is 0.0315. The van der Waals surface area contributed by atoms with Gasteiger partial charge >= 0.3 is 0 Å². The Kier molecular flexibility index (Phi) is 13.3. The van der Waals surface area contributed by atoms with Crippen LogP contribution < -0.4 is 16.4 Å². The fraction of sp³-hybridized carbons (Fsp3) is 0.600. The molecule has 2 aromatic rings. The normalized spacial score (nSPS) is 24.2. The van der Waals surface area contributed by atoms with Crippen LogP contribution in [0.25, 0.3) is 0 Å². The number of fused-ring (bicyclic) bond motifs is 1. The molecule has 1 amide bonds. The van der Waals surface area contributed by atoms with Crippen molar-refractivity contribution in [2.75, 3.05) is 25.4 Å². The van der Waals surface area contributed by atoms with Gasteiger partial charge in [-0.25, -0.2) is 0 Å². The van der Waals surface area contributed by atoms with Gasteiger partial charge in [0.05, 0.1) is 12.1 Å². The van der Waals surface area contributed by atoms with E-state index in [0.717, 1.165) is 37.2 Å². The van der Waals surface area contributed by atoms with Crippen molar-refractivity contribution in [2.24, 2.45) is 17.6 Å². The number of benzene rings is 2. The molecule has 0 radical (unpaired) electrons. The van der Waals surface area contributed by atoms with Gasteiger partial charge in [0.2, 0.25) is 0 Å². The Morgan fingerprint density at radius 1 is 1.16 bits per heavy atom. The summed E-state index contributed by atoms with van der Waals surface area (Å²) in [7, 11) is 0. The number of thioether (sulfide) groups is 1. The molecular weight excluding hydrogens is 572 g/mol. The van der Waals surface area contributed by atoms with Crippen LogP contribution in [0.5, 0.6) is 5.75 Å². The first-order valence-electron chi connectivity index (χ1n) is 15.9. The van der Waals surface area contributed by atoms with Crippen LogP contribution in [0.3, 0.4) is 0 Å². The molecule has 8 nitrogen and oxygen atoms in total. The largest absolute Gasteiger partial charge is 0.508 e. The number of aliphatic hydroxyl groups is 1. The molecule has 1 aliphatic heterocycles. The number of hydrogen-bond acceptors (Lipinski definition) is 8. The lowest BCUT2D eigenvalue weighted by atomic mass is 9.66. The molecule has 1 aliphatic carbocycles. The minimum atomic E-state index is -0.795. The fourth-order valence-corrected chi connectivity index (χ4v) is 7.69. The van der Waals surface area contributed by atoms with Crippen LogP contribution in [-0.4, -0.2) is 82.5 Å². The highest BCUT2D eigenvalue weighted by molar-refractivity contribution is 7.99. The Hall–Kier alpha value is -2.43. The highest BCUT2D eigenvalue weighted by atomic mass is 32.2. The van der Waals surface area contributed by atoms with Crippen molar-refractivity contribution in [2.45, 2.75) is 101 Å². The number of nitrogens with zero attached hydrogens (tertiary/aromatic N) is 1. The van der Waals surface area contributed by atoms with Crippen LogP contribution >= 0.6 is 11.8 Å². The summed E-state index contributed by atoms with van der Waals surface area (Å²) < 4.78 is 0. The summed E-state index contributed by atoms with van der Waals surface area (Å²) in [6.07, 6.45) is 4.84. The first-order chi connectivity index (χ1) is 20.9. The number of piperidine rings is 1. The monoisotopic (exact) mass is 626 g/mol. The Morgan fingerprint density at radius 2 is 1.86 bits per heavy atom. The van der Waals surface area contributed by atoms with Gasteiger partial charge in [-0.05, 0) is 89.6 Å². The summed E-state index contributed by atoms with van der Waals surface area (Å²) in [6, 6.07) is 14.8. The number of likely N-dealkylation sites (tertiary alicyclic amines) is 1. The zero-order chi connectivity index (χ0) is 32.5. The average Bonchev–Trinajstić information content (AvgIpc) is 2.99. The van der Waals surface area contributed by atoms with E-state index in [9.17, 15) is 15.0 Å². The van der Waals surface area contributed by atoms with Gasteiger partial charge in [0.15, 0.2) is 0 Å². The Labute approximate surface area is 268 Å². The number of amides is 1. The molecule has 0 bridgehead atoms. The van der Waals surface area contributed by atoms with Gasteiger partial charge in [-0.3, -0.25) is 9.69 Å². The van der Waals surface area contributed by atoms with E-state index in [1.807, 2.05) is 37.1 Å². The lowest BCUT2D eigenvalue weighted by molar-refractivity contribution is -0.0980. The lowest BCUT2D eigenvalue weighted by Crippen LogP contribution is -2.66. The third kappa shape index (κ3) is 9.78. The number of nitrogens with two attached hydrogens (primary N) is 1. The number of rotatable bonds is 11. The molecule has 4 rings (SSSR count). The van der Waals surface area contributed by atoms with Crippen molar-refractivity contribution in [3.8, 4) is 5.75 Å². The SMILES string of the molecule is C=O.Cc1c(O)cccc1C(=O)N[C@@H](CSc1ccccc1)C(O)CN1CC2(N)CCCCC2C[C@H]1C(C)CNC(C)(C)C. The maximum Gasteiger partial charge on any atom is 0.252 e. The molecule has 244 valence electrons. The topological polar surface area (TPSA) is 128 Å². The van der Waals surface area contributed by atoms with Gasteiger partial charge in [-0.1, -0.05) is 44.0 Å². The van der Waals surface area contributed by atoms with Gasteiger partial charge in [0, 0.05) is 52.0 Å². The van der Waals surface area contributed by atoms with Crippen LogP contribution in [0.2, 0.25) is 0 Å². The third-order valence-corrected chi connectivity index (χ3v) is 10.4. The molecule has 44 heavy (non-hydrogen) atoms. The highest BCUT2D eigenvalue weighted by Crippen LogP contribution is 2.42. The molecule has 1 saturated carbocycles. The van der Waals surface area contributed by atoms with Crippen molar-refractivity contribution in [1.82, 2.24) is 15.5 Å². The van der Waals surface area contributed by atoms with Crippen molar-refractivity contribution < 1.29 is 19.8 Å². The van der Waals surface area contributed by atoms with Crippen LogP contribution in [-0.2, 0) is 4.79 Å². The molecule has 2 aromatic carbocycles. The summed E-state index contributed by atoms with van der Waals surface area (Å²) >= 11 is 1.62. The summed E-state index contributed by atoms with van der Waals surface area (Å²) in [5, 5.41) is 28.8. The second kappa shape index (κ2) is 16.2. The molecule has 6 atom stereocenters. The fourth-order valence-electron chi connectivity index (χ4n) is 6.66. The second-order valence-corrected chi connectivity index (χ2v) is 14.8. The molecular formula is C35H54N4O4S. The van der Waals surface area contributed by atoms with Crippen LogP contribution in [0.4, 0.5) is 0 Å². The van der Waals surface area contributed by atoms with Crippen molar-refractivity contribution in [1.29, 1.82) is 0 Å². The number of hydrogen-bond donors (Lipinski definition) is 5. The van der Waals surface area contributed by atoms with E-state index in [-0.39, 0.29) is 22.7 Å². The second-order valence-electron chi connectivity index (χ2n) is 13.7. The lowest BCUT2D eigenvalue weighted by Gasteiger charge is -2.54. The number of carbonyl (C=O) groups is 2. The molecule has 0 aromatic heterocycles. The van der Waals surface area contributed by atoms with E-state index >= 15 is 0 Å². The zero-order valence-electron chi connectivity index (χ0n) is 27.2. The Morgan fingerprint density at radius 3 is 2.55 bits per heavy atom. The number of aromatic hydroxyl groups is 1. The molecule has 2 fully saturated rings. The van der Waals surface area contributed by atoms with Gasteiger partial charge < -0.3 is 31.4 Å². The van der Waals surface area contributed by atoms with Crippen molar-refractivity contribution >= 4 is 24.5 Å². The third-order valence-electron chi connectivity index (χ3n) is 9.29. The van der Waals surface area contributed by atoms with Crippen LogP contribution in [0, 0.1) is 18.8 Å². The van der Waals surface area contributed by atoms with Gasteiger partial charge in [0.25, 0.3) is 5.91 Å². The number of β-amino-alcohol motifs (C(OH)–C–C–N with tert-alkyl or cyclic N) is 1. The van der Waals surface area contributed by atoms with Gasteiger partial charge in [-0.2, -0.15) is 0 Å². The number of carbonyl (C=O) groups excluding carboxylic acids is 2. The van der Waals surface area contributed by atoms with Crippen molar-refractivity contribution in [3.05, 3.63) is 59.7 Å². The Balaban J connectivity index is 0.00000259. The minimum Gasteiger partial charge on any atom is -0.508 e. The first kappa shape index (κ1) is 36.0. The maximum absolute atomic E-state index is 13.4. The summed E-state index contributed by atoms with van der Waals surface area (Å²) in [4.78, 5) is 25.0. The van der Waals surface area contributed by atoms with E-state index in [1.165, 1.54) is 12.8 Å². The number of nitrogens with one attached hydrogen (secondary N) is 2. The van der Waals surface area contributed by atoms with Crippen LogP contribution in [0.1, 0.15) is 75.7 Å². The molecule has 4 unspecified atom stereocenters. The summed E-state index contributed by atoms with van der Waals surface area (Å²) in [5.41, 5.74) is 7.84. The highest BCUT2D eigenvalue weighted by Gasteiger charge is 2.47. The predicted octanol–water partition coefficient (Wildman–Crippen LogP) is 4.75. The van der Waals surface area contributed by atoms with E-state index in [2.05, 4.69) is 43.2 Å². The summed E-state index contributed by atoms with van der Waals surface area (Å²) in [6.45, 7) is 14.7. The summed E-state index contributed by atoms with van der Waals surface area (Å²) in [5.74, 6) is 1.19. The number of phenols is 1. The van der Waals surface area contributed by atoms with Gasteiger partial charge in [0.1, 0.15) is 12.5 Å². The number of phenolic OH excluding ortho intramolecular Hbond substituents is 1. The van der Waals surface area contributed by atoms with Gasteiger partial charge in [-0.15, -0.1) is 11.8 Å². The molecule has 1 saturated heterocycles. The molecule has 9 heteroatoms. The smallest absolute Gasteiger partial charge is 0.252 e. The zero-order valence-corrected chi connectivity index (χ0v) is 28.0. The van der Waals surface area contributed by atoms with E-state index in [4.69, 9.17) is 10.5 Å². The van der Waals surface area contributed by atoms with E-state index in [0.29, 0.717) is 41.3 Å². The van der Waals surface area contributed by atoms with E-state index in [1.54, 1.807) is 36.9 Å². The Bertz CT molecular complexity index is 1190. The number of aliphatic hydroxyl groups excluding tert-OH is 1. The van der Waals surface area contributed by atoms with Crippen molar-refractivity contribution in [3.63, 3.8) is 0 Å². The molecule has 1 heterocycles. The quantitative estimate of drug-likeness (QED) is 0.226. The van der Waals surface area contributed by atoms with Crippen LogP contribution in [0.15, 0.2) is 53.4 Å². The molecule has 0 spiro atoms. The average molecular weight is 627 g/mol. The van der Waals surface area contributed by atoms with E-state index < -0.39 is 12.1 Å². The standard InChI is InChI=1S/C34H52N4O3S.CH2O/c1-23(19-36-33(3,4)5)29-18-25-12-9-10-17-34(25,35)22-38(29)20-31(40)28(21-42-26-13-7-6-8-14-26)37-32(41)27-15-11-16-30(39)24(27)2;1-2/h6-8,11,13-16,23,25,28-29,31,36,39-40H,9-10,12,17-22,35H2,1-5H3,(H,37,41);1H2/t23?,25?,28-,29-,31?,34?;/m0./s1. The maximum atomic E-state index is 13.4. The molecule has 6 N–H and O–H groups in total. The predicted molar refractivity (Wildman–Crippen MR) is 180 cm³/mol. The molecule has 2 aliphatic rings. The first-order valence-corrected chi connectivity index (χ1v) is 16.9.